The number of anilines is 1. The second kappa shape index (κ2) is 8.23. The van der Waals surface area contributed by atoms with Crippen LogP contribution in [0.1, 0.15) is 6.92 Å². The van der Waals surface area contributed by atoms with Crippen LogP contribution in [-0.4, -0.2) is 62.9 Å². The molecule has 0 radical (unpaired) electrons. The topological polar surface area (TPSA) is 131 Å². The molecule has 1 saturated heterocycles. The molecule has 2 rings (SSSR count). The summed E-state index contributed by atoms with van der Waals surface area (Å²) in [5, 5.41) is 16.5. The Bertz CT molecular complexity index is 746. The monoisotopic (exact) mass is 372 g/mol. The van der Waals surface area contributed by atoms with Gasteiger partial charge in [-0.05, 0) is 6.07 Å². The third kappa shape index (κ3) is 4.87. The first-order chi connectivity index (χ1) is 11.8. The van der Waals surface area contributed by atoms with E-state index in [1.807, 2.05) is 0 Å². The number of nitrogens with zero attached hydrogens (tertiary/aromatic N) is 2. The molecule has 1 aliphatic rings. The zero-order valence-corrected chi connectivity index (χ0v) is 14.5. The van der Waals surface area contributed by atoms with Crippen LogP contribution >= 0.6 is 0 Å². The molecule has 1 aromatic rings. The number of morpholine rings is 1. The number of nitro benzene ring substituents is 1. The molecule has 0 spiro atoms. The minimum absolute atomic E-state index is 0.161. The lowest BCUT2D eigenvalue weighted by Gasteiger charge is -2.27. The van der Waals surface area contributed by atoms with E-state index in [9.17, 15) is 23.3 Å². The number of hydrogen-bond donors (Lipinski definition) is 2. The van der Waals surface area contributed by atoms with Crippen molar-refractivity contribution >= 4 is 27.3 Å². The van der Waals surface area contributed by atoms with Crippen molar-refractivity contribution in [2.75, 3.05) is 44.7 Å². The molecule has 10 nitrogen and oxygen atoms in total. The summed E-state index contributed by atoms with van der Waals surface area (Å²) in [5.74, 6) is -0.202. The lowest BCUT2D eigenvalue weighted by Crippen LogP contribution is -2.40. The summed E-state index contributed by atoms with van der Waals surface area (Å²) in [4.78, 5) is 21.1. The Morgan fingerprint density at radius 3 is 2.60 bits per heavy atom. The average molecular weight is 372 g/mol. The first-order valence-corrected chi connectivity index (χ1v) is 9.11. The molecule has 1 heterocycles. The van der Waals surface area contributed by atoms with Gasteiger partial charge >= 0.3 is 0 Å². The minimum atomic E-state index is -3.90. The fourth-order valence-electron chi connectivity index (χ4n) is 2.35. The summed E-state index contributed by atoms with van der Waals surface area (Å²) in [6.45, 7) is 2.89. The zero-order valence-electron chi connectivity index (χ0n) is 13.7. The fraction of sp³-hybridized carbons (Fsp3) is 0.500. The van der Waals surface area contributed by atoms with Crippen molar-refractivity contribution in [2.45, 2.75) is 11.8 Å². The first-order valence-electron chi connectivity index (χ1n) is 7.67. The van der Waals surface area contributed by atoms with E-state index in [0.29, 0.717) is 6.54 Å². The maximum absolute atomic E-state index is 12.9. The number of rotatable bonds is 7. The van der Waals surface area contributed by atoms with Gasteiger partial charge in [0.25, 0.3) is 5.69 Å². The van der Waals surface area contributed by atoms with Crippen LogP contribution in [0, 0.1) is 10.1 Å². The predicted octanol–water partition coefficient (Wildman–Crippen LogP) is 0.164. The van der Waals surface area contributed by atoms with E-state index < -0.39 is 14.9 Å². The Labute approximate surface area is 145 Å². The number of non-ortho nitro benzene ring substituents is 1. The summed E-state index contributed by atoms with van der Waals surface area (Å²) in [6.07, 6.45) is 0. The van der Waals surface area contributed by atoms with Gasteiger partial charge in [0.15, 0.2) is 0 Å². The van der Waals surface area contributed by atoms with Crippen LogP contribution in [0.4, 0.5) is 11.4 Å². The van der Waals surface area contributed by atoms with Crippen molar-refractivity contribution in [1.82, 2.24) is 9.62 Å². The maximum atomic E-state index is 12.9. The van der Waals surface area contributed by atoms with E-state index >= 15 is 0 Å². The van der Waals surface area contributed by atoms with Gasteiger partial charge in [-0.15, -0.1) is 0 Å². The van der Waals surface area contributed by atoms with E-state index in [0.717, 1.165) is 6.07 Å². The SMILES string of the molecule is CC(=O)NCCNc1ccc([N+](=O)[O-])cc1S(=O)(=O)N1CCOCC1. The smallest absolute Gasteiger partial charge is 0.270 e. The van der Waals surface area contributed by atoms with E-state index in [-0.39, 0.29) is 55.0 Å². The maximum Gasteiger partial charge on any atom is 0.270 e. The van der Waals surface area contributed by atoms with Crippen LogP contribution in [0.5, 0.6) is 0 Å². The van der Waals surface area contributed by atoms with Crippen molar-refractivity contribution in [1.29, 1.82) is 0 Å². The molecule has 0 saturated carbocycles. The summed E-state index contributed by atoms with van der Waals surface area (Å²) in [7, 11) is -3.90. The number of sulfonamides is 1. The van der Waals surface area contributed by atoms with Crippen molar-refractivity contribution in [2.24, 2.45) is 0 Å². The van der Waals surface area contributed by atoms with Gasteiger partial charge in [-0.25, -0.2) is 8.42 Å². The van der Waals surface area contributed by atoms with Crippen LogP contribution in [0.2, 0.25) is 0 Å². The lowest BCUT2D eigenvalue weighted by molar-refractivity contribution is -0.385. The van der Waals surface area contributed by atoms with Gasteiger partial charge in [0.2, 0.25) is 15.9 Å². The number of hydrogen-bond acceptors (Lipinski definition) is 7. The van der Waals surface area contributed by atoms with Gasteiger partial charge in [0.1, 0.15) is 4.90 Å². The molecule has 2 N–H and O–H groups in total. The number of carbonyl (C=O) groups excluding carboxylic acids is 1. The van der Waals surface area contributed by atoms with Crippen LogP contribution < -0.4 is 10.6 Å². The van der Waals surface area contributed by atoms with Crippen LogP contribution in [0.25, 0.3) is 0 Å². The highest BCUT2D eigenvalue weighted by atomic mass is 32.2. The van der Waals surface area contributed by atoms with Gasteiger partial charge in [-0.1, -0.05) is 0 Å². The number of ether oxygens (including phenoxy) is 1. The number of nitro groups is 1. The number of amides is 1. The van der Waals surface area contributed by atoms with Crippen molar-refractivity contribution in [3.8, 4) is 0 Å². The molecule has 11 heteroatoms. The van der Waals surface area contributed by atoms with Gasteiger partial charge in [-0.3, -0.25) is 14.9 Å². The Morgan fingerprint density at radius 2 is 2.00 bits per heavy atom. The Balaban J connectivity index is 2.29. The van der Waals surface area contributed by atoms with Crippen LogP contribution in [-0.2, 0) is 19.6 Å². The second-order valence-electron chi connectivity index (χ2n) is 5.36. The summed E-state index contributed by atoms with van der Waals surface area (Å²) < 4.78 is 32.1. The van der Waals surface area contributed by atoms with Crippen molar-refractivity contribution < 1.29 is 22.9 Å². The summed E-state index contributed by atoms with van der Waals surface area (Å²) >= 11 is 0. The standard InChI is InChI=1S/C14H20N4O6S/c1-11(19)15-4-5-16-13-3-2-12(18(20)21)10-14(13)25(22,23)17-6-8-24-9-7-17/h2-3,10,16H,4-9H2,1H3,(H,15,19). The lowest BCUT2D eigenvalue weighted by atomic mass is 10.3. The van der Waals surface area contributed by atoms with Gasteiger partial charge < -0.3 is 15.4 Å². The van der Waals surface area contributed by atoms with Crippen LogP contribution in [0.3, 0.4) is 0 Å². The van der Waals surface area contributed by atoms with Gasteiger partial charge in [-0.2, -0.15) is 4.31 Å². The van der Waals surface area contributed by atoms with E-state index in [2.05, 4.69) is 10.6 Å². The van der Waals surface area contributed by atoms with Gasteiger partial charge in [0.05, 0.1) is 23.8 Å². The Morgan fingerprint density at radius 1 is 1.32 bits per heavy atom. The van der Waals surface area contributed by atoms with Gasteiger partial charge in [0, 0.05) is 45.2 Å². The molecule has 0 atom stereocenters. The van der Waals surface area contributed by atoms with Crippen molar-refractivity contribution in [3.63, 3.8) is 0 Å². The molecule has 138 valence electrons. The molecular weight excluding hydrogens is 352 g/mol. The quantitative estimate of drug-likeness (QED) is 0.396. The highest BCUT2D eigenvalue weighted by Crippen LogP contribution is 2.29. The molecule has 25 heavy (non-hydrogen) atoms. The molecule has 0 unspecified atom stereocenters. The highest BCUT2D eigenvalue weighted by molar-refractivity contribution is 7.89. The highest BCUT2D eigenvalue weighted by Gasteiger charge is 2.30. The average Bonchev–Trinajstić information content (AvgIpc) is 2.59. The first kappa shape index (κ1) is 19.1. The molecule has 0 aromatic heterocycles. The second-order valence-corrected chi connectivity index (χ2v) is 7.27. The molecular formula is C14H20N4O6S. The van der Waals surface area contributed by atoms with E-state index in [1.165, 1.54) is 23.4 Å². The Kier molecular flexibility index (Phi) is 6.28. The van der Waals surface area contributed by atoms with Crippen LogP contribution in [0.15, 0.2) is 23.1 Å². The number of carbonyl (C=O) groups is 1. The minimum Gasteiger partial charge on any atom is -0.382 e. The molecule has 1 fully saturated rings. The third-order valence-electron chi connectivity index (χ3n) is 3.58. The largest absolute Gasteiger partial charge is 0.382 e. The predicted molar refractivity (Wildman–Crippen MR) is 89.8 cm³/mol. The Hall–Kier alpha value is -2.24. The number of nitrogens with one attached hydrogen (secondary N) is 2. The molecule has 1 aliphatic heterocycles. The van der Waals surface area contributed by atoms with Crippen molar-refractivity contribution in [3.05, 3.63) is 28.3 Å². The summed E-state index contributed by atoms with van der Waals surface area (Å²) in [6, 6.07) is 3.64. The normalized spacial score (nSPS) is 15.6. The van der Waals surface area contributed by atoms with E-state index in [4.69, 9.17) is 4.74 Å². The third-order valence-corrected chi connectivity index (χ3v) is 5.52. The molecule has 0 aliphatic carbocycles. The number of benzene rings is 1. The van der Waals surface area contributed by atoms with E-state index in [1.54, 1.807) is 0 Å². The molecule has 1 amide bonds. The fourth-order valence-corrected chi connectivity index (χ4v) is 3.94. The molecule has 0 bridgehead atoms. The summed E-state index contributed by atoms with van der Waals surface area (Å²) in [5.41, 5.74) is -0.0540. The molecule has 1 aromatic carbocycles. The zero-order chi connectivity index (χ0) is 18.4.